The lowest BCUT2D eigenvalue weighted by Gasteiger charge is -2.14. The summed E-state index contributed by atoms with van der Waals surface area (Å²) >= 11 is 2.17. The summed E-state index contributed by atoms with van der Waals surface area (Å²) in [6, 6.07) is 27.2. The number of amides is 1. The van der Waals surface area contributed by atoms with Gasteiger partial charge in [-0.2, -0.15) is 5.26 Å². The third kappa shape index (κ3) is 5.81. The van der Waals surface area contributed by atoms with Crippen LogP contribution in [0.25, 0.3) is 16.8 Å². The van der Waals surface area contributed by atoms with Crippen molar-refractivity contribution in [1.82, 2.24) is 0 Å². The SMILES string of the molecule is COc1cc(/C=C(\C#N)C(=O)Nc2cccc3ccccc23)cc(I)c1OCc1ccc(C)cc1. The van der Waals surface area contributed by atoms with Crippen LogP contribution in [0.2, 0.25) is 0 Å². The first kappa shape index (κ1) is 24.3. The molecule has 0 aliphatic heterocycles. The zero-order chi connectivity index (χ0) is 24.8. The standard InChI is InChI=1S/C29H23IN2O3/c1-19-10-12-20(13-11-19)18-35-28-25(30)15-21(16-27(28)34-2)14-23(17-31)29(33)32-26-9-5-7-22-6-3-4-8-24(22)26/h3-16H,18H2,1-2H3,(H,32,33)/b23-14+. The number of hydrogen-bond donors (Lipinski definition) is 1. The van der Waals surface area contributed by atoms with E-state index in [1.54, 1.807) is 19.3 Å². The quantitative estimate of drug-likeness (QED) is 0.148. The Morgan fingerprint density at radius 3 is 2.54 bits per heavy atom. The third-order valence-corrected chi connectivity index (χ3v) is 6.27. The van der Waals surface area contributed by atoms with Crippen molar-refractivity contribution < 1.29 is 14.3 Å². The summed E-state index contributed by atoms with van der Waals surface area (Å²) in [7, 11) is 1.57. The third-order valence-electron chi connectivity index (χ3n) is 5.47. The molecule has 174 valence electrons. The fourth-order valence-electron chi connectivity index (χ4n) is 3.64. The number of ether oxygens (including phenoxy) is 2. The second-order valence-electron chi connectivity index (χ2n) is 7.96. The Bertz CT molecular complexity index is 1450. The molecule has 0 atom stereocenters. The number of benzene rings is 4. The van der Waals surface area contributed by atoms with Crippen LogP contribution in [-0.2, 0) is 11.4 Å². The van der Waals surface area contributed by atoms with Gasteiger partial charge in [0.2, 0.25) is 0 Å². The minimum atomic E-state index is -0.475. The topological polar surface area (TPSA) is 71.3 Å². The van der Waals surface area contributed by atoms with Gasteiger partial charge in [-0.25, -0.2) is 0 Å². The molecule has 0 aliphatic carbocycles. The molecule has 1 N–H and O–H groups in total. The number of rotatable bonds is 7. The number of carbonyl (C=O) groups is 1. The molecule has 0 aromatic heterocycles. The number of nitrogens with one attached hydrogen (secondary N) is 1. The zero-order valence-corrected chi connectivity index (χ0v) is 21.5. The zero-order valence-electron chi connectivity index (χ0n) is 19.3. The molecule has 0 aliphatic rings. The number of fused-ring (bicyclic) bond motifs is 1. The van der Waals surface area contributed by atoms with Crippen molar-refractivity contribution in [2.24, 2.45) is 0 Å². The predicted octanol–water partition coefficient (Wildman–Crippen LogP) is 6.89. The van der Waals surface area contributed by atoms with Gasteiger partial charge in [-0.1, -0.05) is 66.2 Å². The second-order valence-corrected chi connectivity index (χ2v) is 9.12. The van der Waals surface area contributed by atoms with Crippen LogP contribution < -0.4 is 14.8 Å². The number of halogens is 1. The van der Waals surface area contributed by atoms with Gasteiger partial charge in [0.25, 0.3) is 5.91 Å². The summed E-state index contributed by atoms with van der Waals surface area (Å²) in [5.41, 5.74) is 3.55. The van der Waals surface area contributed by atoms with Gasteiger partial charge in [-0.15, -0.1) is 0 Å². The maximum Gasteiger partial charge on any atom is 0.266 e. The van der Waals surface area contributed by atoms with Crippen LogP contribution in [0.3, 0.4) is 0 Å². The van der Waals surface area contributed by atoms with E-state index < -0.39 is 5.91 Å². The van der Waals surface area contributed by atoms with Crippen LogP contribution >= 0.6 is 22.6 Å². The minimum absolute atomic E-state index is 0.0101. The predicted molar refractivity (Wildman–Crippen MR) is 147 cm³/mol. The molecule has 0 saturated heterocycles. The van der Waals surface area contributed by atoms with Gasteiger partial charge in [-0.3, -0.25) is 4.79 Å². The molecule has 35 heavy (non-hydrogen) atoms. The summed E-state index contributed by atoms with van der Waals surface area (Å²) in [6.07, 6.45) is 1.55. The Morgan fingerprint density at radius 1 is 1.06 bits per heavy atom. The molecule has 0 radical (unpaired) electrons. The Labute approximate surface area is 218 Å². The fourth-order valence-corrected chi connectivity index (χ4v) is 4.42. The highest BCUT2D eigenvalue weighted by atomic mass is 127. The van der Waals surface area contributed by atoms with Crippen LogP contribution in [0.1, 0.15) is 16.7 Å². The van der Waals surface area contributed by atoms with E-state index >= 15 is 0 Å². The number of nitrogens with zero attached hydrogens (tertiary/aromatic N) is 1. The van der Waals surface area contributed by atoms with E-state index in [-0.39, 0.29) is 5.57 Å². The van der Waals surface area contributed by atoms with Crippen molar-refractivity contribution in [2.45, 2.75) is 13.5 Å². The van der Waals surface area contributed by atoms with Crippen LogP contribution in [0.4, 0.5) is 5.69 Å². The van der Waals surface area contributed by atoms with E-state index in [4.69, 9.17) is 9.47 Å². The highest BCUT2D eigenvalue weighted by Crippen LogP contribution is 2.35. The van der Waals surface area contributed by atoms with Crippen molar-refractivity contribution >= 4 is 51.0 Å². The summed E-state index contributed by atoms with van der Waals surface area (Å²) in [5.74, 6) is 0.670. The molecular formula is C29H23IN2O3. The van der Waals surface area contributed by atoms with Gasteiger partial charge in [0, 0.05) is 11.1 Å². The Kier molecular flexibility index (Phi) is 7.68. The largest absolute Gasteiger partial charge is 0.493 e. The average Bonchev–Trinajstić information content (AvgIpc) is 2.87. The summed E-state index contributed by atoms with van der Waals surface area (Å²) in [6.45, 7) is 2.44. The molecule has 0 unspecified atom stereocenters. The van der Waals surface area contributed by atoms with Gasteiger partial charge in [0.1, 0.15) is 18.2 Å². The smallest absolute Gasteiger partial charge is 0.266 e. The highest BCUT2D eigenvalue weighted by molar-refractivity contribution is 14.1. The molecule has 1 amide bonds. The normalized spacial score (nSPS) is 11.1. The van der Waals surface area contributed by atoms with Crippen LogP contribution in [-0.4, -0.2) is 13.0 Å². The first-order valence-corrected chi connectivity index (χ1v) is 12.0. The number of aryl methyl sites for hydroxylation is 1. The minimum Gasteiger partial charge on any atom is -0.493 e. The number of methoxy groups -OCH3 is 1. The lowest BCUT2D eigenvalue weighted by molar-refractivity contribution is -0.112. The van der Waals surface area contributed by atoms with Gasteiger partial charge >= 0.3 is 0 Å². The molecule has 6 heteroatoms. The Hall–Kier alpha value is -3.83. The molecule has 5 nitrogen and oxygen atoms in total. The van der Waals surface area contributed by atoms with Crippen molar-refractivity contribution in [1.29, 1.82) is 5.26 Å². The summed E-state index contributed by atoms with van der Waals surface area (Å²) < 4.78 is 12.4. The van der Waals surface area contributed by atoms with Crippen molar-refractivity contribution in [3.63, 3.8) is 0 Å². The van der Waals surface area contributed by atoms with Crippen LogP contribution in [0.15, 0.2) is 84.4 Å². The first-order chi connectivity index (χ1) is 17.0. The second kappa shape index (κ2) is 11.1. The lowest BCUT2D eigenvalue weighted by Crippen LogP contribution is -2.13. The maximum atomic E-state index is 12.9. The average molecular weight is 574 g/mol. The molecule has 0 heterocycles. The molecule has 0 bridgehead atoms. The van der Waals surface area contributed by atoms with E-state index in [2.05, 4.69) is 27.9 Å². The van der Waals surface area contributed by atoms with Gasteiger partial charge in [0.05, 0.1) is 10.7 Å². The van der Waals surface area contributed by atoms with E-state index in [9.17, 15) is 10.1 Å². The Balaban J connectivity index is 1.57. The molecule has 4 aromatic carbocycles. The van der Waals surface area contributed by atoms with Crippen LogP contribution in [0.5, 0.6) is 11.5 Å². The molecule has 0 saturated carbocycles. The fraction of sp³-hybridized carbons (Fsp3) is 0.103. The van der Waals surface area contributed by atoms with Gasteiger partial charge in [-0.05, 0) is 70.3 Å². The summed E-state index contributed by atoms with van der Waals surface area (Å²) in [4.78, 5) is 12.9. The highest BCUT2D eigenvalue weighted by Gasteiger charge is 2.15. The van der Waals surface area contributed by atoms with Gasteiger partial charge in [0.15, 0.2) is 11.5 Å². The molecule has 0 fully saturated rings. The molecule has 0 spiro atoms. The van der Waals surface area contributed by atoms with E-state index in [1.165, 1.54) is 5.56 Å². The molecule has 4 rings (SSSR count). The lowest BCUT2D eigenvalue weighted by atomic mass is 10.1. The monoisotopic (exact) mass is 574 g/mol. The number of carbonyl (C=O) groups excluding carboxylic acids is 1. The number of anilines is 1. The van der Waals surface area contributed by atoms with E-state index in [1.807, 2.05) is 85.8 Å². The first-order valence-electron chi connectivity index (χ1n) is 11.0. The van der Waals surface area contributed by atoms with Crippen molar-refractivity contribution in [3.8, 4) is 17.6 Å². The van der Waals surface area contributed by atoms with E-state index in [0.717, 1.165) is 19.9 Å². The van der Waals surface area contributed by atoms with Crippen molar-refractivity contribution in [2.75, 3.05) is 12.4 Å². The number of nitriles is 1. The van der Waals surface area contributed by atoms with E-state index in [0.29, 0.717) is 29.4 Å². The van der Waals surface area contributed by atoms with Crippen molar-refractivity contribution in [3.05, 3.63) is 105 Å². The summed E-state index contributed by atoms with van der Waals surface area (Å²) in [5, 5.41) is 14.5. The maximum absolute atomic E-state index is 12.9. The van der Waals surface area contributed by atoms with Gasteiger partial charge < -0.3 is 14.8 Å². The number of hydrogen-bond acceptors (Lipinski definition) is 4. The molecular weight excluding hydrogens is 551 g/mol. The van der Waals surface area contributed by atoms with Crippen LogP contribution in [0, 0.1) is 21.8 Å². The molecule has 4 aromatic rings. The Morgan fingerprint density at radius 2 is 1.80 bits per heavy atom.